The van der Waals surface area contributed by atoms with Crippen molar-refractivity contribution in [3.05, 3.63) is 205 Å². The standard InChI is InChI=1S/C59H38N2O3.C2H6/c1-34(36-28-30-44-42-16-4-3-14-40(42)41-15-5-6-17-43(41)49(44)32-36)60-59(48-23-13-27-55-57(48)47-19-8-10-25-52(47)62-55)61-35(2)38-20-12-26-54-56(38)50-33-37(29-31-53(50)63-54)39-21-11-22-46-45-18-7-9-24-51(45)64-58(39)46;1-2/h3-33,35H,1-2H3;1-2H3. The van der Waals surface area contributed by atoms with Crippen molar-refractivity contribution in [3.8, 4) is 11.1 Å². The van der Waals surface area contributed by atoms with Gasteiger partial charge in [0.2, 0.25) is 0 Å². The fourth-order valence-corrected chi connectivity index (χ4v) is 10.1. The molecule has 0 saturated carbocycles. The van der Waals surface area contributed by atoms with Crippen LogP contribution in [0.15, 0.2) is 211 Å². The molecule has 5 nitrogen and oxygen atoms in total. The molecule has 5 heteroatoms. The van der Waals surface area contributed by atoms with Crippen LogP contribution in [0.25, 0.3) is 109 Å². The molecule has 0 aliphatic heterocycles. The zero-order valence-electron chi connectivity index (χ0n) is 37.1. The van der Waals surface area contributed by atoms with E-state index in [1.165, 1.54) is 32.3 Å². The predicted molar refractivity (Wildman–Crippen MR) is 278 cm³/mol. The molecule has 10 aromatic carbocycles. The third kappa shape index (κ3) is 6.22. The minimum absolute atomic E-state index is 0.307. The van der Waals surface area contributed by atoms with Gasteiger partial charge in [-0.25, -0.2) is 4.99 Å². The fraction of sp³-hybridized carbons (Fsp3) is 0.0820. The van der Waals surface area contributed by atoms with Crippen molar-refractivity contribution >= 4 is 110 Å². The molecule has 0 saturated heterocycles. The summed E-state index contributed by atoms with van der Waals surface area (Å²) in [6.45, 7) is 8.24. The minimum Gasteiger partial charge on any atom is -0.456 e. The van der Waals surface area contributed by atoms with E-state index >= 15 is 0 Å². The van der Waals surface area contributed by atoms with Gasteiger partial charge in [-0.1, -0.05) is 159 Å². The molecule has 66 heavy (non-hydrogen) atoms. The third-order valence-corrected chi connectivity index (χ3v) is 13.1. The van der Waals surface area contributed by atoms with E-state index in [-0.39, 0.29) is 6.04 Å². The van der Waals surface area contributed by atoms with E-state index in [1.807, 2.05) is 56.3 Å². The second-order valence-corrected chi connectivity index (χ2v) is 16.8. The van der Waals surface area contributed by atoms with Gasteiger partial charge in [0.05, 0.1) is 6.04 Å². The quantitative estimate of drug-likeness (QED) is 0.0984. The van der Waals surface area contributed by atoms with E-state index in [0.717, 1.165) is 99.3 Å². The molecule has 1 atom stereocenters. The van der Waals surface area contributed by atoms with Gasteiger partial charge in [0.1, 0.15) is 33.5 Å². The highest BCUT2D eigenvalue weighted by atomic mass is 16.3. The largest absolute Gasteiger partial charge is 0.456 e. The molecule has 3 aromatic heterocycles. The lowest BCUT2D eigenvalue weighted by atomic mass is 9.93. The number of hydrogen-bond donors (Lipinski definition) is 0. The molecule has 0 radical (unpaired) electrons. The van der Waals surface area contributed by atoms with Crippen LogP contribution in [0, 0.1) is 0 Å². The molecule has 0 aliphatic carbocycles. The summed E-state index contributed by atoms with van der Waals surface area (Å²) in [6, 6.07) is 65.5. The number of furan rings is 3. The predicted octanol–water partition coefficient (Wildman–Crippen LogP) is 17.6. The Bertz CT molecular complexity index is 4090. The third-order valence-electron chi connectivity index (χ3n) is 13.1. The minimum atomic E-state index is -0.307. The van der Waals surface area contributed by atoms with Crippen molar-refractivity contribution in [2.45, 2.75) is 33.7 Å². The normalized spacial score (nSPS) is 13.0. The number of hydrogen-bond acceptors (Lipinski definition) is 4. The van der Waals surface area contributed by atoms with E-state index in [4.69, 9.17) is 23.2 Å². The van der Waals surface area contributed by atoms with Gasteiger partial charge < -0.3 is 13.3 Å². The van der Waals surface area contributed by atoms with Gasteiger partial charge in [0, 0.05) is 49.2 Å². The number of fused-ring (bicyclic) bond motifs is 15. The number of amidine groups is 1. The summed E-state index contributed by atoms with van der Waals surface area (Å²) in [5.74, 6) is 0.632. The molecule has 316 valence electrons. The van der Waals surface area contributed by atoms with Crippen molar-refractivity contribution in [2.24, 2.45) is 9.98 Å². The van der Waals surface area contributed by atoms with Crippen LogP contribution in [-0.2, 0) is 0 Å². The molecule has 0 bridgehead atoms. The Labute approximate surface area is 380 Å². The highest BCUT2D eigenvalue weighted by molar-refractivity contribution is 6.27. The average molecular weight is 853 g/mol. The molecule has 13 rings (SSSR count). The van der Waals surface area contributed by atoms with Crippen molar-refractivity contribution in [3.63, 3.8) is 0 Å². The summed E-state index contributed by atoms with van der Waals surface area (Å²) in [7, 11) is 0. The van der Waals surface area contributed by atoms with E-state index in [9.17, 15) is 0 Å². The van der Waals surface area contributed by atoms with Gasteiger partial charge in [-0.05, 0) is 105 Å². The maximum absolute atomic E-state index is 6.56. The molecule has 0 aliphatic rings. The monoisotopic (exact) mass is 852 g/mol. The van der Waals surface area contributed by atoms with Crippen LogP contribution in [0.2, 0.25) is 0 Å². The van der Waals surface area contributed by atoms with Crippen LogP contribution in [0.1, 0.15) is 50.4 Å². The first-order valence-corrected chi connectivity index (χ1v) is 22.8. The smallest absolute Gasteiger partial charge is 0.156 e. The second-order valence-electron chi connectivity index (χ2n) is 16.8. The van der Waals surface area contributed by atoms with Crippen LogP contribution in [0.3, 0.4) is 0 Å². The van der Waals surface area contributed by atoms with E-state index in [2.05, 4.69) is 159 Å². The maximum Gasteiger partial charge on any atom is 0.156 e. The second kappa shape index (κ2) is 15.8. The number of aliphatic imine (C=N–C) groups is 2. The zero-order chi connectivity index (χ0) is 44.5. The number of para-hydroxylation sites is 3. The van der Waals surface area contributed by atoms with Crippen LogP contribution in [-0.4, -0.2) is 11.5 Å². The summed E-state index contributed by atoms with van der Waals surface area (Å²) in [6.07, 6.45) is 0. The molecular formula is C61H44N2O3. The Kier molecular flexibility index (Phi) is 9.39. The highest BCUT2D eigenvalue weighted by Crippen LogP contribution is 2.42. The van der Waals surface area contributed by atoms with Crippen LogP contribution in [0.5, 0.6) is 0 Å². The summed E-state index contributed by atoms with van der Waals surface area (Å²) in [5, 5.41) is 13.7. The first kappa shape index (κ1) is 39.3. The number of rotatable bonds is 5. The van der Waals surface area contributed by atoms with E-state index in [1.54, 1.807) is 0 Å². The van der Waals surface area contributed by atoms with Crippen LogP contribution in [0.4, 0.5) is 0 Å². The highest BCUT2D eigenvalue weighted by Gasteiger charge is 2.21. The molecule has 1 unspecified atom stereocenters. The van der Waals surface area contributed by atoms with Gasteiger partial charge in [-0.2, -0.15) is 0 Å². The van der Waals surface area contributed by atoms with Crippen molar-refractivity contribution in [2.75, 3.05) is 0 Å². The molecule has 0 spiro atoms. The van der Waals surface area contributed by atoms with Crippen LogP contribution < -0.4 is 0 Å². The lowest BCUT2D eigenvalue weighted by Crippen LogP contribution is -2.07. The molecule has 0 amide bonds. The van der Waals surface area contributed by atoms with Crippen molar-refractivity contribution in [1.82, 2.24) is 0 Å². The molecule has 0 fully saturated rings. The number of nitrogens with zero attached hydrogens (tertiary/aromatic N) is 2. The SMILES string of the molecule is CC.CC(=NC(=NC(C)c1cccc2oc3ccc(-c4cccc5c4oc4ccccc45)cc3c12)c1cccc2oc3ccccc3c12)c1ccc2c3ccccc3c3ccccc3c2c1. The lowest BCUT2D eigenvalue weighted by Gasteiger charge is -2.14. The van der Waals surface area contributed by atoms with E-state index < -0.39 is 0 Å². The van der Waals surface area contributed by atoms with E-state index in [0.29, 0.717) is 5.84 Å². The topological polar surface area (TPSA) is 64.1 Å². The molecule has 13 aromatic rings. The Balaban J connectivity index is 0.00000225. The first-order chi connectivity index (χ1) is 32.6. The Morgan fingerprint density at radius 2 is 0.970 bits per heavy atom. The van der Waals surface area contributed by atoms with Gasteiger partial charge >= 0.3 is 0 Å². The molecular weight excluding hydrogens is 809 g/mol. The lowest BCUT2D eigenvalue weighted by molar-refractivity contribution is 0.667. The van der Waals surface area contributed by atoms with Gasteiger partial charge in [0.25, 0.3) is 0 Å². The Morgan fingerprint density at radius 1 is 0.424 bits per heavy atom. The summed E-state index contributed by atoms with van der Waals surface area (Å²) in [4.78, 5) is 11.1. The molecule has 3 heterocycles. The Hall–Kier alpha value is -8.28. The average Bonchev–Trinajstić information content (AvgIpc) is 4.08. The summed E-state index contributed by atoms with van der Waals surface area (Å²) >= 11 is 0. The maximum atomic E-state index is 6.56. The zero-order valence-corrected chi connectivity index (χ0v) is 37.1. The summed E-state index contributed by atoms with van der Waals surface area (Å²) in [5.41, 5.74) is 11.0. The summed E-state index contributed by atoms with van der Waals surface area (Å²) < 4.78 is 19.4. The first-order valence-electron chi connectivity index (χ1n) is 22.8. The Morgan fingerprint density at radius 3 is 1.70 bits per heavy atom. The molecule has 0 N–H and O–H groups in total. The van der Waals surface area contributed by atoms with Gasteiger partial charge in [0.15, 0.2) is 5.84 Å². The van der Waals surface area contributed by atoms with Crippen molar-refractivity contribution < 1.29 is 13.3 Å². The van der Waals surface area contributed by atoms with Crippen LogP contribution >= 0.6 is 0 Å². The van der Waals surface area contributed by atoms with Gasteiger partial charge in [-0.3, -0.25) is 4.99 Å². The van der Waals surface area contributed by atoms with Crippen molar-refractivity contribution in [1.29, 1.82) is 0 Å². The number of benzene rings is 10. The van der Waals surface area contributed by atoms with Gasteiger partial charge in [-0.15, -0.1) is 0 Å². The fourth-order valence-electron chi connectivity index (χ4n) is 10.1.